The zero-order valence-corrected chi connectivity index (χ0v) is 13.7. The predicted molar refractivity (Wildman–Crippen MR) is 97.1 cm³/mol. The number of hydrogen-bond acceptors (Lipinski definition) is 5. The Morgan fingerprint density at radius 3 is 2.48 bits per heavy atom. The Kier molecular flexibility index (Phi) is 5.98. The lowest BCUT2D eigenvalue weighted by molar-refractivity contribution is 0.311. The van der Waals surface area contributed by atoms with E-state index in [1.54, 1.807) is 12.1 Å². The Labute approximate surface area is 145 Å². The van der Waals surface area contributed by atoms with Crippen LogP contribution in [0.3, 0.4) is 0 Å². The minimum absolute atomic E-state index is 0. The summed E-state index contributed by atoms with van der Waals surface area (Å²) in [6.45, 7) is 0.472. The fourth-order valence-electron chi connectivity index (χ4n) is 2.10. The first-order valence-corrected chi connectivity index (χ1v) is 7.28. The van der Waals surface area contributed by atoms with E-state index in [4.69, 9.17) is 16.7 Å². The summed E-state index contributed by atoms with van der Waals surface area (Å²) in [5.41, 5.74) is 1.68. The van der Waals surface area contributed by atoms with Gasteiger partial charge in [-0.1, -0.05) is 23.7 Å². The lowest BCUT2D eigenvalue weighted by Crippen LogP contribution is -2.09. The SMILES string of the molecule is Cl.OCCNc1nc(Nc2ccc(Cl)cc2)nc2ccccc12. The quantitative estimate of drug-likeness (QED) is 0.651. The molecule has 3 aromatic rings. The molecule has 0 saturated carbocycles. The van der Waals surface area contributed by atoms with E-state index in [1.165, 1.54) is 0 Å². The van der Waals surface area contributed by atoms with Gasteiger partial charge in [-0.15, -0.1) is 12.4 Å². The maximum absolute atomic E-state index is 9.00. The van der Waals surface area contributed by atoms with Crippen molar-refractivity contribution in [3.05, 3.63) is 53.6 Å². The van der Waals surface area contributed by atoms with Crippen LogP contribution in [-0.2, 0) is 0 Å². The minimum atomic E-state index is 0. The van der Waals surface area contributed by atoms with Gasteiger partial charge in [0.2, 0.25) is 5.95 Å². The Hall–Kier alpha value is -2.08. The van der Waals surface area contributed by atoms with Crippen molar-refractivity contribution in [3.8, 4) is 0 Å². The summed E-state index contributed by atoms with van der Waals surface area (Å²) in [5.74, 6) is 1.18. The van der Waals surface area contributed by atoms with E-state index in [0.29, 0.717) is 23.3 Å². The highest BCUT2D eigenvalue weighted by Crippen LogP contribution is 2.23. The van der Waals surface area contributed by atoms with Crippen LogP contribution in [0.5, 0.6) is 0 Å². The fourth-order valence-corrected chi connectivity index (χ4v) is 2.23. The second kappa shape index (κ2) is 7.97. The lowest BCUT2D eigenvalue weighted by Gasteiger charge is -2.11. The van der Waals surface area contributed by atoms with Crippen molar-refractivity contribution in [1.82, 2.24) is 9.97 Å². The van der Waals surface area contributed by atoms with E-state index in [9.17, 15) is 0 Å². The monoisotopic (exact) mass is 350 g/mol. The molecule has 0 saturated heterocycles. The van der Waals surface area contributed by atoms with Crippen LogP contribution in [0, 0.1) is 0 Å². The van der Waals surface area contributed by atoms with Gasteiger partial charge in [0.15, 0.2) is 0 Å². The summed E-state index contributed by atoms with van der Waals surface area (Å²) in [6.07, 6.45) is 0. The van der Waals surface area contributed by atoms with Gasteiger partial charge in [0.25, 0.3) is 0 Å². The van der Waals surface area contributed by atoms with Crippen molar-refractivity contribution < 1.29 is 5.11 Å². The van der Waals surface area contributed by atoms with Crippen LogP contribution in [-0.4, -0.2) is 28.2 Å². The number of halogens is 2. The Morgan fingerprint density at radius 1 is 1.00 bits per heavy atom. The molecule has 0 aliphatic heterocycles. The number of benzene rings is 2. The zero-order valence-electron chi connectivity index (χ0n) is 12.2. The molecule has 0 aliphatic carbocycles. The van der Waals surface area contributed by atoms with E-state index >= 15 is 0 Å². The molecule has 0 bridgehead atoms. The van der Waals surface area contributed by atoms with E-state index < -0.39 is 0 Å². The first-order valence-electron chi connectivity index (χ1n) is 6.90. The molecule has 1 heterocycles. The van der Waals surface area contributed by atoms with Gasteiger partial charge in [-0.05, 0) is 36.4 Å². The highest BCUT2D eigenvalue weighted by molar-refractivity contribution is 6.30. The normalized spacial score (nSPS) is 10.2. The summed E-state index contributed by atoms with van der Waals surface area (Å²) in [4.78, 5) is 8.98. The first-order chi connectivity index (χ1) is 10.8. The molecule has 120 valence electrons. The highest BCUT2D eigenvalue weighted by atomic mass is 35.5. The Morgan fingerprint density at radius 2 is 1.74 bits per heavy atom. The second-order valence-electron chi connectivity index (χ2n) is 4.70. The Bertz CT molecular complexity index is 781. The second-order valence-corrected chi connectivity index (χ2v) is 5.13. The number of aromatic nitrogens is 2. The summed E-state index contributed by atoms with van der Waals surface area (Å²) >= 11 is 5.88. The van der Waals surface area contributed by atoms with Gasteiger partial charge in [-0.3, -0.25) is 0 Å². The van der Waals surface area contributed by atoms with Crippen LogP contribution in [0.25, 0.3) is 10.9 Å². The molecule has 0 spiro atoms. The number of anilines is 3. The molecule has 0 amide bonds. The van der Waals surface area contributed by atoms with E-state index in [1.807, 2.05) is 36.4 Å². The van der Waals surface area contributed by atoms with Crippen LogP contribution in [0.4, 0.5) is 17.5 Å². The van der Waals surface area contributed by atoms with Crippen molar-refractivity contribution in [2.75, 3.05) is 23.8 Å². The summed E-state index contributed by atoms with van der Waals surface area (Å²) in [6, 6.07) is 15.1. The predicted octanol–water partition coefficient (Wildman–Crippen LogP) is 3.85. The number of rotatable bonds is 5. The molecule has 0 fully saturated rings. The van der Waals surface area contributed by atoms with Crippen LogP contribution in [0.2, 0.25) is 5.02 Å². The number of para-hydroxylation sites is 1. The number of nitrogens with one attached hydrogen (secondary N) is 2. The van der Waals surface area contributed by atoms with Gasteiger partial charge in [-0.25, -0.2) is 4.98 Å². The van der Waals surface area contributed by atoms with E-state index in [-0.39, 0.29) is 19.0 Å². The molecule has 7 heteroatoms. The summed E-state index contributed by atoms with van der Waals surface area (Å²) in [5, 5.41) is 16.9. The zero-order chi connectivity index (χ0) is 15.4. The van der Waals surface area contributed by atoms with Gasteiger partial charge in [-0.2, -0.15) is 4.98 Å². The van der Waals surface area contributed by atoms with Crippen molar-refractivity contribution in [1.29, 1.82) is 0 Å². The van der Waals surface area contributed by atoms with Crippen LogP contribution < -0.4 is 10.6 Å². The van der Waals surface area contributed by atoms with Crippen LogP contribution in [0.15, 0.2) is 48.5 Å². The van der Waals surface area contributed by atoms with Gasteiger partial charge in [0.05, 0.1) is 12.1 Å². The number of fused-ring (bicyclic) bond motifs is 1. The number of nitrogens with zero attached hydrogens (tertiary/aromatic N) is 2. The third-order valence-electron chi connectivity index (χ3n) is 3.11. The van der Waals surface area contributed by atoms with Crippen molar-refractivity contribution in [3.63, 3.8) is 0 Å². The molecule has 0 unspecified atom stereocenters. The molecule has 0 radical (unpaired) electrons. The Balaban J connectivity index is 0.00000192. The third kappa shape index (κ3) is 4.22. The van der Waals surface area contributed by atoms with Gasteiger partial charge >= 0.3 is 0 Å². The molecule has 3 rings (SSSR count). The largest absolute Gasteiger partial charge is 0.395 e. The molecular weight excluding hydrogens is 335 g/mol. The standard InChI is InChI=1S/C16H15ClN4O.ClH/c17-11-5-7-12(8-6-11)19-16-20-14-4-2-1-3-13(14)15(21-16)18-9-10-22;/h1-8,22H,9-10H2,(H2,18,19,20,21);1H. The molecule has 2 aromatic carbocycles. The molecule has 23 heavy (non-hydrogen) atoms. The summed E-state index contributed by atoms with van der Waals surface area (Å²) < 4.78 is 0. The molecule has 1 aromatic heterocycles. The highest BCUT2D eigenvalue weighted by Gasteiger charge is 2.07. The number of aliphatic hydroxyl groups excluding tert-OH is 1. The number of hydrogen-bond donors (Lipinski definition) is 3. The van der Waals surface area contributed by atoms with Crippen molar-refractivity contribution in [2.24, 2.45) is 0 Å². The first kappa shape index (κ1) is 17.3. The molecule has 3 N–H and O–H groups in total. The molecular formula is C16H16Cl2N4O. The molecule has 5 nitrogen and oxygen atoms in total. The van der Waals surface area contributed by atoms with Crippen LogP contribution in [0.1, 0.15) is 0 Å². The van der Waals surface area contributed by atoms with E-state index in [0.717, 1.165) is 16.6 Å². The minimum Gasteiger partial charge on any atom is -0.395 e. The maximum Gasteiger partial charge on any atom is 0.229 e. The van der Waals surface area contributed by atoms with Gasteiger partial charge in [0, 0.05) is 22.6 Å². The topological polar surface area (TPSA) is 70.1 Å². The average Bonchev–Trinajstić information content (AvgIpc) is 2.55. The van der Waals surface area contributed by atoms with Gasteiger partial charge < -0.3 is 15.7 Å². The van der Waals surface area contributed by atoms with Gasteiger partial charge in [0.1, 0.15) is 5.82 Å². The number of aliphatic hydroxyl groups is 1. The third-order valence-corrected chi connectivity index (χ3v) is 3.36. The van der Waals surface area contributed by atoms with E-state index in [2.05, 4.69) is 20.6 Å². The van der Waals surface area contributed by atoms with Crippen molar-refractivity contribution in [2.45, 2.75) is 0 Å². The maximum atomic E-state index is 9.00. The van der Waals surface area contributed by atoms with Crippen LogP contribution >= 0.6 is 24.0 Å². The average molecular weight is 351 g/mol. The smallest absolute Gasteiger partial charge is 0.229 e. The molecule has 0 atom stereocenters. The van der Waals surface area contributed by atoms with Crippen molar-refractivity contribution >= 4 is 52.4 Å². The lowest BCUT2D eigenvalue weighted by atomic mass is 10.2. The fraction of sp³-hybridized carbons (Fsp3) is 0.125. The summed E-state index contributed by atoms with van der Waals surface area (Å²) in [7, 11) is 0. The molecule has 0 aliphatic rings.